The van der Waals surface area contributed by atoms with Crippen molar-refractivity contribution < 1.29 is 10.3 Å². The minimum atomic E-state index is -1.50. The van der Waals surface area contributed by atoms with E-state index in [4.69, 9.17) is 21.1 Å². The predicted molar refractivity (Wildman–Crippen MR) is 46.2 cm³/mol. The third kappa shape index (κ3) is 2.88. The summed E-state index contributed by atoms with van der Waals surface area (Å²) < 4.78 is 0. The Balaban J connectivity index is 0.000000213. The van der Waals surface area contributed by atoms with Crippen molar-refractivity contribution in [1.82, 2.24) is 15.2 Å². The van der Waals surface area contributed by atoms with E-state index >= 15 is 0 Å². The standard InChI is InChI=1S/C6H10N4.HNO3/c7-6-8-5(9-10-6)4-2-1-3-4;2-1(3)4/h4H,1-3H2,(H3,7,8,9,10);(H,2,3,4). The second-order valence-corrected chi connectivity index (χ2v) is 2.94. The summed E-state index contributed by atoms with van der Waals surface area (Å²) in [5, 5.41) is 20.2. The number of nitrogen functional groups attached to an aromatic ring is 1. The molecule has 0 bridgehead atoms. The van der Waals surface area contributed by atoms with E-state index in [1.165, 1.54) is 19.3 Å². The summed E-state index contributed by atoms with van der Waals surface area (Å²) in [6.45, 7) is 0. The molecule has 0 spiro atoms. The van der Waals surface area contributed by atoms with E-state index < -0.39 is 5.09 Å². The Morgan fingerprint density at radius 1 is 1.64 bits per heavy atom. The number of aromatic nitrogens is 3. The fourth-order valence-corrected chi connectivity index (χ4v) is 1.15. The highest BCUT2D eigenvalue weighted by Crippen LogP contribution is 2.34. The fourth-order valence-electron chi connectivity index (χ4n) is 1.15. The van der Waals surface area contributed by atoms with Crippen LogP contribution in [0.25, 0.3) is 0 Å². The maximum Gasteiger partial charge on any atom is 0.291 e. The van der Waals surface area contributed by atoms with E-state index in [9.17, 15) is 0 Å². The van der Waals surface area contributed by atoms with E-state index in [2.05, 4.69) is 15.2 Å². The first-order valence-corrected chi connectivity index (χ1v) is 4.10. The van der Waals surface area contributed by atoms with Crippen molar-refractivity contribution in [2.24, 2.45) is 0 Å². The zero-order chi connectivity index (χ0) is 10.6. The normalized spacial score (nSPS) is 15.1. The molecule has 0 atom stereocenters. The van der Waals surface area contributed by atoms with Crippen LogP contribution in [-0.2, 0) is 0 Å². The molecule has 1 aliphatic carbocycles. The van der Waals surface area contributed by atoms with Gasteiger partial charge in [-0.3, -0.25) is 5.10 Å². The number of hydrogen-bond donors (Lipinski definition) is 3. The molecule has 1 fully saturated rings. The number of rotatable bonds is 1. The molecule has 1 aromatic rings. The SMILES string of the molecule is Nc1n[nH]c(C2CCC2)n1.O=[N+]([O-])O. The summed E-state index contributed by atoms with van der Waals surface area (Å²) in [5.41, 5.74) is 5.34. The monoisotopic (exact) mass is 201 g/mol. The van der Waals surface area contributed by atoms with Crippen LogP contribution in [0.15, 0.2) is 0 Å². The van der Waals surface area contributed by atoms with Crippen LogP contribution in [0.4, 0.5) is 5.95 Å². The van der Waals surface area contributed by atoms with Gasteiger partial charge in [-0.05, 0) is 12.8 Å². The summed E-state index contributed by atoms with van der Waals surface area (Å²) in [6.07, 6.45) is 3.77. The lowest BCUT2D eigenvalue weighted by atomic mass is 9.85. The van der Waals surface area contributed by atoms with E-state index in [1.807, 2.05) is 0 Å². The molecular weight excluding hydrogens is 190 g/mol. The highest BCUT2D eigenvalue weighted by atomic mass is 16.9. The first-order valence-electron chi connectivity index (χ1n) is 4.10. The van der Waals surface area contributed by atoms with Crippen molar-refractivity contribution in [1.29, 1.82) is 0 Å². The lowest BCUT2D eigenvalue weighted by molar-refractivity contribution is -0.742. The number of hydrogen-bond acceptors (Lipinski definition) is 5. The summed E-state index contributed by atoms with van der Waals surface area (Å²) in [6, 6.07) is 0. The van der Waals surface area contributed by atoms with Gasteiger partial charge in [0.2, 0.25) is 5.95 Å². The van der Waals surface area contributed by atoms with Gasteiger partial charge in [0.05, 0.1) is 0 Å². The molecule has 0 amide bonds. The van der Waals surface area contributed by atoms with Crippen molar-refractivity contribution >= 4 is 5.95 Å². The molecule has 2 rings (SSSR count). The number of nitrogens with zero attached hydrogens (tertiary/aromatic N) is 3. The van der Waals surface area contributed by atoms with Crippen LogP contribution in [0.1, 0.15) is 31.0 Å². The predicted octanol–water partition coefficient (Wildman–Crippen LogP) is 0.307. The largest absolute Gasteiger partial charge is 0.367 e. The third-order valence-electron chi connectivity index (χ3n) is 2.01. The number of nitrogens with one attached hydrogen (secondary N) is 1. The van der Waals surface area contributed by atoms with Crippen LogP contribution in [0.2, 0.25) is 0 Å². The van der Waals surface area contributed by atoms with Crippen LogP contribution in [0.3, 0.4) is 0 Å². The molecule has 1 saturated carbocycles. The number of H-pyrrole nitrogens is 1. The van der Waals surface area contributed by atoms with E-state index in [0.717, 1.165) is 5.82 Å². The first kappa shape index (κ1) is 10.2. The summed E-state index contributed by atoms with van der Waals surface area (Å²) in [5.74, 6) is 1.93. The Hall–Kier alpha value is -1.86. The smallest absolute Gasteiger partial charge is 0.291 e. The molecule has 1 aromatic heterocycles. The second-order valence-electron chi connectivity index (χ2n) is 2.94. The fraction of sp³-hybridized carbons (Fsp3) is 0.667. The average Bonchev–Trinajstić information content (AvgIpc) is 2.30. The lowest BCUT2D eigenvalue weighted by Gasteiger charge is -2.21. The first-order chi connectivity index (χ1) is 6.59. The molecule has 0 radical (unpaired) electrons. The molecule has 0 aromatic carbocycles. The van der Waals surface area contributed by atoms with Gasteiger partial charge in [-0.15, -0.1) is 15.2 Å². The van der Waals surface area contributed by atoms with Crippen molar-refractivity contribution in [3.05, 3.63) is 15.9 Å². The minimum Gasteiger partial charge on any atom is -0.367 e. The Kier molecular flexibility index (Phi) is 3.21. The van der Waals surface area contributed by atoms with E-state index in [-0.39, 0.29) is 0 Å². The number of nitrogens with two attached hydrogens (primary N) is 1. The average molecular weight is 201 g/mol. The highest BCUT2D eigenvalue weighted by molar-refractivity contribution is 5.15. The van der Waals surface area contributed by atoms with Crippen LogP contribution in [0, 0.1) is 10.1 Å². The zero-order valence-electron chi connectivity index (χ0n) is 7.38. The third-order valence-corrected chi connectivity index (χ3v) is 2.01. The van der Waals surface area contributed by atoms with Gasteiger partial charge >= 0.3 is 0 Å². The molecule has 78 valence electrons. The molecule has 1 heterocycles. The van der Waals surface area contributed by atoms with Crippen LogP contribution >= 0.6 is 0 Å². The second kappa shape index (κ2) is 4.40. The Bertz CT molecular complexity index is 304. The van der Waals surface area contributed by atoms with Crippen LogP contribution in [0.5, 0.6) is 0 Å². The van der Waals surface area contributed by atoms with E-state index in [1.54, 1.807) is 0 Å². The van der Waals surface area contributed by atoms with E-state index in [0.29, 0.717) is 11.9 Å². The van der Waals surface area contributed by atoms with Crippen molar-refractivity contribution in [2.45, 2.75) is 25.2 Å². The summed E-state index contributed by atoms with van der Waals surface area (Å²) in [7, 11) is 0. The zero-order valence-corrected chi connectivity index (χ0v) is 7.38. The highest BCUT2D eigenvalue weighted by Gasteiger charge is 2.22. The molecule has 0 unspecified atom stereocenters. The number of aromatic amines is 1. The van der Waals surface area contributed by atoms with Crippen molar-refractivity contribution in [3.63, 3.8) is 0 Å². The van der Waals surface area contributed by atoms with Gasteiger partial charge in [-0.1, -0.05) is 6.42 Å². The van der Waals surface area contributed by atoms with Crippen molar-refractivity contribution in [3.8, 4) is 0 Å². The maximum atomic E-state index is 8.36. The van der Waals surface area contributed by atoms with Gasteiger partial charge in [0.15, 0.2) is 0 Å². The van der Waals surface area contributed by atoms with Gasteiger partial charge in [0, 0.05) is 5.92 Å². The van der Waals surface area contributed by atoms with Crippen molar-refractivity contribution in [2.75, 3.05) is 5.73 Å². The quantitative estimate of drug-likeness (QED) is 0.442. The molecule has 0 aliphatic heterocycles. The van der Waals surface area contributed by atoms with Gasteiger partial charge in [0.1, 0.15) is 5.82 Å². The Morgan fingerprint density at radius 3 is 2.50 bits per heavy atom. The molecule has 1 aliphatic rings. The number of anilines is 1. The maximum absolute atomic E-state index is 8.36. The Morgan fingerprint density at radius 2 is 2.21 bits per heavy atom. The van der Waals surface area contributed by atoms with Crippen LogP contribution in [-0.4, -0.2) is 25.5 Å². The summed E-state index contributed by atoms with van der Waals surface area (Å²) >= 11 is 0. The topological polar surface area (TPSA) is 131 Å². The van der Waals surface area contributed by atoms with Gasteiger partial charge < -0.3 is 10.9 Å². The molecule has 0 saturated heterocycles. The molecule has 4 N–H and O–H groups in total. The van der Waals surface area contributed by atoms with Gasteiger partial charge in [-0.2, -0.15) is 4.98 Å². The Labute approximate surface area is 79.2 Å². The minimum absolute atomic E-state index is 0.363. The van der Waals surface area contributed by atoms with Gasteiger partial charge in [-0.25, -0.2) is 0 Å². The van der Waals surface area contributed by atoms with Crippen LogP contribution < -0.4 is 5.73 Å². The van der Waals surface area contributed by atoms with Gasteiger partial charge in [0.25, 0.3) is 5.09 Å². The summed E-state index contributed by atoms with van der Waals surface area (Å²) in [4.78, 5) is 12.4. The molecule has 8 nitrogen and oxygen atoms in total. The molecule has 8 heteroatoms. The molecule has 14 heavy (non-hydrogen) atoms. The lowest BCUT2D eigenvalue weighted by Crippen LogP contribution is -2.10. The molecular formula is C6H11N5O3.